The molecule has 1 N–H and O–H groups in total. The molecule has 1 aromatic heterocycles. The number of likely N-dealkylation sites (tertiary alicyclic amines) is 1. The standard InChI is InChI=1S/C14H22N4O2/c1-10-7-13(16-20-10)15-14(19)9-18-6-5-11-3-4-12(8-18)17(11)2/h7,11-12H,3-6,8-9H2,1-2H3,(H,15,16,19)/t11-,12+/m0/s1. The Morgan fingerprint density at radius 2 is 2.25 bits per heavy atom. The Bertz CT molecular complexity index is 487. The lowest BCUT2D eigenvalue weighted by Gasteiger charge is -2.24. The number of nitrogens with one attached hydrogen (secondary N) is 1. The molecule has 2 bridgehead atoms. The van der Waals surface area contributed by atoms with Crippen molar-refractivity contribution in [2.45, 2.75) is 38.3 Å². The van der Waals surface area contributed by atoms with Gasteiger partial charge >= 0.3 is 0 Å². The van der Waals surface area contributed by atoms with Gasteiger partial charge in [-0.1, -0.05) is 5.16 Å². The van der Waals surface area contributed by atoms with E-state index in [9.17, 15) is 4.79 Å². The highest BCUT2D eigenvalue weighted by Gasteiger charge is 2.34. The van der Waals surface area contributed by atoms with Gasteiger partial charge in [0.15, 0.2) is 5.82 Å². The first-order valence-electron chi connectivity index (χ1n) is 7.29. The second-order valence-corrected chi connectivity index (χ2v) is 5.95. The zero-order valence-electron chi connectivity index (χ0n) is 12.1. The van der Waals surface area contributed by atoms with Crippen LogP contribution in [0.15, 0.2) is 10.6 Å². The third-order valence-corrected chi connectivity index (χ3v) is 4.50. The van der Waals surface area contributed by atoms with Gasteiger partial charge in [-0.2, -0.15) is 0 Å². The minimum atomic E-state index is -0.0151. The normalized spacial score (nSPS) is 27.5. The van der Waals surface area contributed by atoms with E-state index in [0.717, 1.165) is 19.5 Å². The number of nitrogens with zero attached hydrogens (tertiary/aromatic N) is 3. The SMILES string of the molecule is Cc1cc(NC(=O)CN2CC[C@@H]3CC[C@H](C2)N3C)no1. The van der Waals surface area contributed by atoms with Crippen LogP contribution in [-0.4, -0.2) is 59.6 Å². The fourth-order valence-electron chi connectivity index (χ4n) is 3.33. The summed E-state index contributed by atoms with van der Waals surface area (Å²) in [6.07, 6.45) is 3.71. The number of carbonyl (C=O) groups is 1. The molecule has 0 saturated carbocycles. The van der Waals surface area contributed by atoms with Crippen molar-refractivity contribution >= 4 is 11.7 Å². The van der Waals surface area contributed by atoms with Gasteiger partial charge in [0.05, 0.1) is 6.54 Å². The molecule has 110 valence electrons. The van der Waals surface area contributed by atoms with Gasteiger partial charge in [-0.05, 0) is 33.2 Å². The van der Waals surface area contributed by atoms with Gasteiger partial charge in [0.25, 0.3) is 0 Å². The van der Waals surface area contributed by atoms with Crippen molar-refractivity contribution in [3.63, 3.8) is 0 Å². The molecule has 0 aromatic carbocycles. The summed E-state index contributed by atoms with van der Waals surface area (Å²) in [6, 6.07) is 3.03. The number of anilines is 1. The molecule has 2 aliphatic heterocycles. The van der Waals surface area contributed by atoms with Gasteiger partial charge in [0, 0.05) is 31.2 Å². The largest absolute Gasteiger partial charge is 0.360 e. The maximum atomic E-state index is 12.0. The molecule has 6 heteroatoms. The Balaban J connectivity index is 1.54. The van der Waals surface area contributed by atoms with Crippen LogP contribution in [0.2, 0.25) is 0 Å². The molecule has 0 unspecified atom stereocenters. The zero-order chi connectivity index (χ0) is 14.1. The van der Waals surface area contributed by atoms with Gasteiger partial charge in [0.2, 0.25) is 5.91 Å². The minimum absolute atomic E-state index is 0.0151. The lowest BCUT2D eigenvalue weighted by Crippen LogP contribution is -2.40. The van der Waals surface area contributed by atoms with Crippen LogP contribution in [0, 0.1) is 6.92 Å². The van der Waals surface area contributed by atoms with Crippen molar-refractivity contribution in [2.75, 3.05) is 32.0 Å². The topological polar surface area (TPSA) is 61.6 Å². The van der Waals surface area contributed by atoms with Crippen LogP contribution in [0.5, 0.6) is 0 Å². The van der Waals surface area contributed by atoms with Crippen LogP contribution in [-0.2, 0) is 4.79 Å². The van der Waals surface area contributed by atoms with Crippen LogP contribution in [0.3, 0.4) is 0 Å². The quantitative estimate of drug-likeness (QED) is 0.897. The molecule has 2 fully saturated rings. The predicted octanol–water partition coefficient (Wildman–Crippen LogP) is 1.09. The third-order valence-electron chi connectivity index (χ3n) is 4.50. The van der Waals surface area contributed by atoms with Gasteiger partial charge in [-0.25, -0.2) is 0 Å². The molecule has 0 radical (unpaired) electrons. The Labute approximate surface area is 119 Å². The lowest BCUT2D eigenvalue weighted by atomic mass is 10.1. The van der Waals surface area contributed by atoms with Gasteiger partial charge in [-0.3, -0.25) is 14.6 Å². The highest BCUT2D eigenvalue weighted by Crippen LogP contribution is 2.28. The molecule has 0 aliphatic carbocycles. The van der Waals surface area contributed by atoms with Crippen molar-refractivity contribution in [3.8, 4) is 0 Å². The Morgan fingerprint density at radius 1 is 1.45 bits per heavy atom. The summed E-state index contributed by atoms with van der Waals surface area (Å²) in [7, 11) is 2.21. The predicted molar refractivity (Wildman–Crippen MR) is 75.5 cm³/mol. The molecule has 3 rings (SSSR count). The van der Waals surface area contributed by atoms with Gasteiger partial charge < -0.3 is 9.84 Å². The number of hydrogen-bond donors (Lipinski definition) is 1. The Kier molecular flexibility index (Phi) is 3.76. The van der Waals surface area contributed by atoms with Crippen molar-refractivity contribution in [2.24, 2.45) is 0 Å². The van der Waals surface area contributed by atoms with Crippen LogP contribution >= 0.6 is 0 Å². The highest BCUT2D eigenvalue weighted by atomic mass is 16.5. The van der Waals surface area contributed by atoms with Crippen LogP contribution < -0.4 is 5.32 Å². The Hall–Kier alpha value is -1.40. The summed E-state index contributed by atoms with van der Waals surface area (Å²) in [4.78, 5) is 16.8. The molecule has 6 nitrogen and oxygen atoms in total. The number of likely N-dealkylation sites (N-methyl/N-ethyl adjacent to an activating group) is 1. The summed E-state index contributed by atoms with van der Waals surface area (Å²) in [5.41, 5.74) is 0. The van der Waals surface area contributed by atoms with E-state index in [1.54, 1.807) is 6.07 Å². The van der Waals surface area contributed by atoms with E-state index < -0.39 is 0 Å². The molecule has 1 aromatic rings. The second kappa shape index (κ2) is 5.54. The maximum Gasteiger partial charge on any atom is 0.239 e. The van der Waals surface area contributed by atoms with Crippen molar-refractivity contribution < 1.29 is 9.32 Å². The molecule has 1 amide bonds. The van der Waals surface area contributed by atoms with E-state index in [2.05, 4.69) is 27.3 Å². The monoisotopic (exact) mass is 278 g/mol. The highest BCUT2D eigenvalue weighted by molar-refractivity contribution is 5.91. The number of aromatic nitrogens is 1. The van der Waals surface area contributed by atoms with Gasteiger partial charge in [0.1, 0.15) is 5.76 Å². The van der Waals surface area contributed by atoms with Crippen molar-refractivity contribution in [1.29, 1.82) is 0 Å². The van der Waals surface area contributed by atoms with Gasteiger partial charge in [-0.15, -0.1) is 0 Å². The smallest absolute Gasteiger partial charge is 0.239 e. The summed E-state index contributed by atoms with van der Waals surface area (Å²) in [5.74, 6) is 1.19. The van der Waals surface area contributed by atoms with E-state index >= 15 is 0 Å². The first kappa shape index (κ1) is 13.6. The fraction of sp³-hybridized carbons (Fsp3) is 0.714. The molecule has 20 heavy (non-hydrogen) atoms. The molecular weight excluding hydrogens is 256 g/mol. The molecular formula is C14H22N4O2. The second-order valence-electron chi connectivity index (χ2n) is 5.95. The number of fused-ring (bicyclic) bond motifs is 2. The molecule has 2 atom stereocenters. The average molecular weight is 278 g/mol. The number of aryl methyl sites for hydroxylation is 1. The summed E-state index contributed by atoms with van der Waals surface area (Å²) < 4.78 is 4.94. The van der Waals surface area contributed by atoms with Crippen LogP contribution in [0.25, 0.3) is 0 Å². The number of hydrogen-bond acceptors (Lipinski definition) is 5. The lowest BCUT2D eigenvalue weighted by molar-refractivity contribution is -0.117. The van der Waals surface area contributed by atoms with Crippen molar-refractivity contribution in [1.82, 2.24) is 15.0 Å². The first-order chi connectivity index (χ1) is 9.61. The summed E-state index contributed by atoms with van der Waals surface area (Å²) in [6.45, 7) is 4.22. The van der Waals surface area contributed by atoms with Crippen molar-refractivity contribution in [3.05, 3.63) is 11.8 Å². The number of rotatable bonds is 3. The molecule has 3 heterocycles. The van der Waals surface area contributed by atoms with E-state index in [1.807, 2.05) is 6.92 Å². The van der Waals surface area contributed by atoms with E-state index in [0.29, 0.717) is 30.2 Å². The van der Waals surface area contributed by atoms with E-state index in [4.69, 9.17) is 4.52 Å². The first-order valence-corrected chi connectivity index (χ1v) is 7.29. The summed E-state index contributed by atoms with van der Waals surface area (Å²) in [5, 5.41) is 6.57. The van der Waals surface area contributed by atoms with Crippen LogP contribution in [0.4, 0.5) is 5.82 Å². The zero-order valence-corrected chi connectivity index (χ0v) is 12.1. The van der Waals surface area contributed by atoms with Crippen LogP contribution in [0.1, 0.15) is 25.0 Å². The molecule has 2 aliphatic rings. The third kappa shape index (κ3) is 2.86. The van der Waals surface area contributed by atoms with E-state index in [1.165, 1.54) is 12.8 Å². The fourth-order valence-corrected chi connectivity index (χ4v) is 3.33. The van der Waals surface area contributed by atoms with E-state index in [-0.39, 0.29) is 5.91 Å². The summed E-state index contributed by atoms with van der Waals surface area (Å²) >= 11 is 0. The molecule has 0 spiro atoms. The number of carbonyl (C=O) groups excluding carboxylic acids is 1. The minimum Gasteiger partial charge on any atom is -0.360 e. The number of amides is 1. The molecule has 2 saturated heterocycles. The Morgan fingerprint density at radius 3 is 3.00 bits per heavy atom. The maximum absolute atomic E-state index is 12.0. The average Bonchev–Trinajstić information content (AvgIpc) is 2.88.